The number of esters is 1. The first-order chi connectivity index (χ1) is 5.33. The third kappa shape index (κ3) is 1.57. The Morgan fingerprint density at radius 3 is 2.58 bits per heavy atom. The minimum atomic E-state index is -0.0515. The van der Waals surface area contributed by atoms with Crippen LogP contribution in [-0.2, 0) is 9.53 Å². The average Bonchev–Trinajstić information content (AvgIpc) is 2.52. The molecule has 12 heavy (non-hydrogen) atoms. The lowest BCUT2D eigenvalue weighted by molar-refractivity contribution is -0.141. The summed E-state index contributed by atoms with van der Waals surface area (Å²) in [7, 11) is 1.46. The lowest BCUT2D eigenvalue weighted by Crippen LogP contribution is -2.16. The number of halogens is 1. The highest BCUT2D eigenvalue weighted by molar-refractivity contribution is 5.85. The second-order valence-electron chi connectivity index (χ2n) is 3.43. The average molecular weight is 192 g/mol. The molecule has 1 aliphatic carbocycles. The molecule has 1 aliphatic heterocycles. The highest BCUT2D eigenvalue weighted by Gasteiger charge is 2.53. The van der Waals surface area contributed by atoms with E-state index in [1.54, 1.807) is 0 Å². The van der Waals surface area contributed by atoms with Gasteiger partial charge in [-0.2, -0.15) is 0 Å². The van der Waals surface area contributed by atoms with E-state index >= 15 is 0 Å². The summed E-state index contributed by atoms with van der Waals surface area (Å²) < 4.78 is 4.61. The van der Waals surface area contributed by atoms with E-state index in [4.69, 9.17) is 0 Å². The summed E-state index contributed by atoms with van der Waals surface area (Å²) in [6, 6.07) is 0. The number of piperidine rings is 1. The molecule has 1 saturated carbocycles. The molecule has 0 aromatic rings. The summed E-state index contributed by atoms with van der Waals surface area (Å²) >= 11 is 0. The van der Waals surface area contributed by atoms with Crippen molar-refractivity contribution in [3.8, 4) is 0 Å². The molecule has 70 valence electrons. The van der Waals surface area contributed by atoms with E-state index in [0.717, 1.165) is 24.9 Å². The van der Waals surface area contributed by atoms with Crippen LogP contribution in [0.2, 0.25) is 0 Å². The molecule has 2 rings (SSSR count). The Kier molecular flexibility index (Phi) is 2.96. The van der Waals surface area contributed by atoms with Crippen molar-refractivity contribution in [3.05, 3.63) is 0 Å². The monoisotopic (exact) mass is 191 g/mol. The number of methoxy groups -OCH3 is 1. The fourth-order valence-corrected chi connectivity index (χ4v) is 2.13. The number of fused-ring (bicyclic) bond motifs is 1. The summed E-state index contributed by atoms with van der Waals surface area (Å²) in [6.07, 6.45) is 0.632. The van der Waals surface area contributed by atoms with E-state index in [1.807, 2.05) is 0 Å². The van der Waals surface area contributed by atoms with Crippen molar-refractivity contribution >= 4 is 18.4 Å². The summed E-state index contributed by atoms with van der Waals surface area (Å²) in [5, 5.41) is 3.29. The zero-order valence-electron chi connectivity index (χ0n) is 7.08. The molecule has 1 heterocycles. The zero-order chi connectivity index (χ0) is 7.84. The van der Waals surface area contributed by atoms with Gasteiger partial charge in [0.05, 0.1) is 7.11 Å². The molecular formula is C8H14ClNO2. The maximum absolute atomic E-state index is 10.9. The van der Waals surface area contributed by atoms with E-state index in [2.05, 4.69) is 10.1 Å². The van der Waals surface area contributed by atoms with Gasteiger partial charge in [-0.05, 0) is 30.8 Å². The van der Waals surface area contributed by atoms with Crippen LogP contribution in [0, 0.1) is 17.8 Å². The van der Waals surface area contributed by atoms with Crippen molar-refractivity contribution in [1.82, 2.24) is 5.32 Å². The quantitative estimate of drug-likeness (QED) is 0.644. The number of carbonyl (C=O) groups excluding carboxylic acids is 1. The highest BCUT2D eigenvalue weighted by Crippen LogP contribution is 2.50. The zero-order valence-corrected chi connectivity index (χ0v) is 7.89. The van der Waals surface area contributed by atoms with Crippen molar-refractivity contribution in [2.75, 3.05) is 20.2 Å². The van der Waals surface area contributed by atoms with Crippen LogP contribution in [0.4, 0.5) is 0 Å². The summed E-state index contributed by atoms with van der Waals surface area (Å²) in [6.45, 7) is 2.21. The number of hydrogen-bond acceptors (Lipinski definition) is 3. The van der Waals surface area contributed by atoms with Crippen LogP contribution in [0.15, 0.2) is 0 Å². The first-order valence-corrected chi connectivity index (χ1v) is 4.10. The standard InChI is InChI=1S/C8H13NO2.ClH/c1-11-8(10)2-5-6-3-9-4-7(5)6;/h5-7,9H,2-4H2,1H3;1H/t5-,6+,7-;. The summed E-state index contributed by atoms with van der Waals surface area (Å²) in [5.41, 5.74) is 0. The molecule has 0 amide bonds. The van der Waals surface area contributed by atoms with Crippen LogP contribution in [0.1, 0.15) is 6.42 Å². The van der Waals surface area contributed by atoms with Gasteiger partial charge >= 0.3 is 5.97 Å². The lowest BCUT2D eigenvalue weighted by atomic mass is 10.2. The first-order valence-electron chi connectivity index (χ1n) is 4.10. The molecule has 0 unspecified atom stereocenters. The molecule has 0 radical (unpaired) electrons. The topological polar surface area (TPSA) is 38.3 Å². The predicted molar refractivity (Wildman–Crippen MR) is 47.2 cm³/mol. The van der Waals surface area contributed by atoms with Gasteiger partial charge in [-0.15, -0.1) is 12.4 Å². The third-order valence-electron chi connectivity index (χ3n) is 2.90. The van der Waals surface area contributed by atoms with Gasteiger partial charge < -0.3 is 10.1 Å². The largest absolute Gasteiger partial charge is 0.469 e. The van der Waals surface area contributed by atoms with Crippen LogP contribution in [-0.4, -0.2) is 26.2 Å². The van der Waals surface area contributed by atoms with Crippen molar-refractivity contribution in [3.63, 3.8) is 0 Å². The van der Waals surface area contributed by atoms with E-state index in [0.29, 0.717) is 12.3 Å². The molecule has 1 saturated heterocycles. The van der Waals surface area contributed by atoms with Crippen LogP contribution in [0.5, 0.6) is 0 Å². The molecule has 3 atom stereocenters. The smallest absolute Gasteiger partial charge is 0.305 e. The molecule has 2 fully saturated rings. The van der Waals surface area contributed by atoms with Crippen molar-refractivity contribution in [1.29, 1.82) is 0 Å². The summed E-state index contributed by atoms with van der Waals surface area (Å²) in [4.78, 5) is 10.9. The van der Waals surface area contributed by atoms with Gasteiger partial charge in [0.1, 0.15) is 0 Å². The molecule has 1 N–H and O–H groups in total. The Morgan fingerprint density at radius 1 is 1.50 bits per heavy atom. The Morgan fingerprint density at radius 2 is 2.08 bits per heavy atom. The number of rotatable bonds is 2. The number of carbonyl (C=O) groups is 1. The second kappa shape index (κ2) is 3.62. The van der Waals surface area contributed by atoms with Gasteiger partial charge in [0.25, 0.3) is 0 Å². The van der Waals surface area contributed by atoms with Gasteiger partial charge in [-0.3, -0.25) is 4.79 Å². The van der Waals surface area contributed by atoms with Gasteiger partial charge in [0, 0.05) is 6.42 Å². The molecule has 2 aliphatic rings. The molecular weight excluding hydrogens is 178 g/mol. The molecule has 0 aromatic heterocycles. The van der Waals surface area contributed by atoms with Crippen molar-refractivity contribution in [2.24, 2.45) is 17.8 Å². The van der Waals surface area contributed by atoms with E-state index < -0.39 is 0 Å². The Labute approximate surface area is 78.3 Å². The second-order valence-corrected chi connectivity index (χ2v) is 3.43. The first kappa shape index (κ1) is 9.81. The van der Waals surface area contributed by atoms with Crippen LogP contribution in [0.3, 0.4) is 0 Å². The van der Waals surface area contributed by atoms with Crippen LogP contribution >= 0.6 is 12.4 Å². The number of hydrogen-bond donors (Lipinski definition) is 1. The Hall–Kier alpha value is -0.280. The Bertz CT molecular complexity index is 176. The number of ether oxygens (including phenoxy) is 1. The van der Waals surface area contributed by atoms with Crippen molar-refractivity contribution in [2.45, 2.75) is 6.42 Å². The van der Waals surface area contributed by atoms with Gasteiger partial charge in [-0.25, -0.2) is 0 Å². The fraction of sp³-hybridized carbons (Fsp3) is 0.875. The predicted octanol–water partition coefficient (Wildman–Crippen LogP) is 0.437. The maximum Gasteiger partial charge on any atom is 0.305 e. The van der Waals surface area contributed by atoms with Crippen molar-refractivity contribution < 1.29 is 9.53 Å². The molecule has 0 aromatic carbocycles. The minimum absolute atomic E-state index is 0. The molecule has 4 heteroatoms. The highest BCUT2D eigenvalue weighted by atomic mass is 35.5. The van der Waals surface area contributed by atoms with Gasteiger partial charge in [0.15, 0.2) is 0 Å². The Balaban J connectivity index is 0.000000720. The third-order valence-corrected chi connectivity index (χ3v) is 2.90. The van der Waals surface area contributed by atoms with Gasteiger partial charge in [0.2, 0.25) is 0 Å². The van der Waals surface area contributed by atoms with Crippen LogP contribution in [0.25, 0.3) is 0 Å². The van der Waals surface area contributed by atoms with E-state index in [-0.39, 0.29) is 18.4 Å². The normalized spacial score (nSPS) is 36.6. The molecule has 0 spiro atoms. The van der Waals surface area contributed by atoms with E-state index in [9.17, 15) is 4.79 Å². The number of nitrogens with one attached hydrogen (secondary N) is 1. The SMILES string of the molecule is COC(=O)C[C@@H]1[C@@H]2CNC[C@@H]21.Cl. The molecule has 0 bridgehead atoms. The molecule has 3 nitrogen and oxygen atoms in total. The van der Waals surface area contributed by atoms with Crippen LogP contribution < -0.4 is 5.32 Å². The van der Waals surface area contributed by atoms with E-state index in [1.165, 1.54) is 7.11 Å². The summed E-state index contributed by atoms with van der Waals surface area (Å²) in [5.74, 6) is 2.12. The lowest BCUT2D eigenvalue weighted by Gasteiger charge is -2.01. The maximum atomic E-state index is 10.9. The fourth-order valence-electron chi connectivity index (χ4n) is 2.13. The van der Waals surface area contributed by atoms with Gasteiger partial charge in [-0.1, -0.05) is 0 Å². The minimum Gasteiger partial charge on any atom is -0.469 e.